The van der Waals surface area contributed by atoms with Crippen molar-refractivity contribution in [3.05, 3.63) is 52.4 Å². The summed E-state index contributed by atoms with van der Waals surface area (Å²) < 4.78 is 0. The molecule has 0 aliphatic heterocycles. The minimum atomic E-state index is -0.123. The average Bonchev–Trinajstić information content (AvgIpc) is 2.32. The van der Waals surface area contributed by atoms with Gasteiger partial charge in [0.15, 0.2) is 5.16 Å². The Morgan fingerprint density at radius 2 is 2.12 bits per heavy atom. The minimum absolute atomic E-state index is 0.123. The third-order valence-electron chi connectivity index (χ3n) is 2.31. The lowest BCUT2D eigenvalue weighted by Gasteiger charge is -2.04. The molecule has 0 aliphatic rings. The molecule has 0 bridgehead atoms. The highest BCUT2D eigenvalue weighted by Gasteiger charge is 2.00. The van der Waals surface area contributed by atoms with E-state index in [1.165, 1.54) is 24.0 Å². The lowest BCUT2D eigenvalue weighted by Crippen LogP contribution is -2.05. The number of H-pyrrole nitrogens is 1. The van der Waals surface area contributed by atoms with Gasteiger partial charge in [-0.1, -0.05) is 30.0 Å². The molecular weight excluding hydrogens is 234 g/mol. The molecule has 2 rings (SSSR count). The summed E-state index contributed by atoms with van der Waals surface area (Å²) in [5.41, 5.74) is 7.65. The Labute approximate surface area is 103 Å². The second-order valence-electron chi connectivity index (χ2n) is 3.54. The number of hydrogen-bond donors (Lipinski definition) is 2. The molecule has 1 aromatic heterocycles. The van der Waals surface area contributed by atoms with E-state index in [1.54, 1.807) is 0 Å². The van der Waals surface area contributed by atoms with Crippen LogP contribution in [0.2, 0.25) is 0 Å². The summed E-state index contributed by atoms with van der Waals surface area (Å²) in [5.74, 6) is 0.834. The molecule has 0 atom stereocenters. The summed E-state index contributed by atoms with van der Waals surface area (Å²) in [5, 5.41) is 0.645. The second kappa shape index (κ2) is 5.54. The van der Waals surface area contributed by atoms with E-state index in [0.29, 0.717) is 5.16 Å². The zero-order valence-corrected chi connectivity index (χ0v) is 10.0. The molecule has 0 aliphatic carbocycles. The minimum Gasteiger partial charge on any atom is -0.399 e. The number of para-hydroxylation sites is 1. The van der Waals surface area contributed by atoms with Crippen LogP contribution < -0.4 is 11.3 Å². The van der Waals surface area contributed by atoms with Crippen LogP contribution in [0.4, 0.5) is 5.69 Å². The van der Waals surface area contributed by atoms with E-state index < -0.39 is 0 Å². The Morgan fingerprint density at radius 1 is 1.29 bits per heavy atom. The summed E-state index contributed by atoms with van der Waals surface area (Å²) in [6, 6.07) is 9.19. The van der Waals surface area contributed by atoms with Gasteiger partial charge in [0.25, 0.3) is 5.56 Å². The largest absolute Gasteiger partial charge is 0.399 e. The number of aromatic amines is 1. The first-order valence-electron chi connectivity index (χ1n) is 5.27. The molecule has 17 heavy (non-hydrogen) atoms. The highest BCUT2D eigenvalue weighted by Crippen LogP contribution is 2.16. The summed E-state index contributed by atoms with van der Waals surface area (Å²) in [6.07, 6.45) is 2.37. The van der Waals surface area contributed by atoms with E-state index in [1.807, 2.05) is 24.3 Å². The zero-order chi connectivity index (χ0) is 12.1. The van der Waals surface area contributed by atoms with Crippen LogP contribution in [0, 0.1) is 0 Å². The smallest absolute Gasteiger partial charge is 0.251 e. The normalized spacial score (nSPS) is 10.4. The number of hydrogen-bond acceptors (Lipinski definition) is 4. The van der Waals surface area contributed by atoms with Crippen LogP contribution in [0.15, 0.2) is 46.5 Å². The van der Waals surface area contributed by atoms with Gasteiger partial charge in [0.2, 0.25) is 0 Å². The Hall–Kier alpha value is -1.75. The summed E-state index contributed by atoms with van der Waals surface area (Å²) in [6.45, 7) is 0. The Kier molecular flexibility index (Phi) is 3.82. The number of nitrogens with two attached hydrogens (primary N) is 1. The predicted octanol–water partition coefficient (Wildman–Crippen LogP) is 1.69. The number of thioether (sulfide) groups is 1. The Bertz CT molecular complexity index is 553. The summed E-state index contributed by atoms with van der Waals surface area (Å²) >= 11 is 1.52. The third kappa shape index (κ3) is 3.35. The zero-order valence-electron chi connectivity index (χ0n) is 9.22. The monoisotopic (exact) mass is 247 g/mol. The van der Waals surface area contributed by atoms with Crippen molar-refractivity contribution in [3.63, 3.8) is 0 Å². The lowest BCUT2D eigenvalue weighted by molar-refractivity contribution is 0.934. The van der Waals surface area contributed by atoms with Crippen LogP contribution in [0.3, 0.4) is 0 Å². The maximum atomic E-state index is 11.0. The fourth-order valence-electron chi connectivity index (χ4n) is 1.44. The van der Waals surface area contributed by atoms with Gasteiger partial charge in [0.05, 0.1) is 0 Å². The van der Waals surface area contributed by atoms with Gasteiger partial charge in [-0.15, -0.1) is 0 Å². The van der Waals surface area contributed by atoms with Crippen LogP contribution in [0.5, 0.6) is 0 Å². The fraction of sp³-hybridized carbons (Fsp3) is 0.167. The Morgan fingerprint density at radius 3 is 2.88 bits per heavy atom. The van der Waals surface area contributed by atoms with Gasteiger partial charge in [-0.3, -0.25) is 4.79 Å². The van der Waals surface area contributed by atoms with Gasteiger partial charge in [0.1, 0.15) is 0 Å². The van der Waals surface area contributed by atoms with Crippen molar-refractivity contribution >= 4 is 17.4 Å². The number of rotatable bonds is 4. The molecule has 0 amide bonds. The topological polar surface area (TPSA) is 71.8 Å². The standard InChI is InChI=1S/C12H13N3OS/c13-10-4-2-1-3-9(10)6-8-17-12-14-7-5-11(16)15-12/h1-5,7H,6,8,13H2,(H,14,15,16). The number of aryl methyl sites for hydroxylation is 1. The van der Waals surface area contributed by atoms with E-state index in [4.69, 9.17) is 5.73 Å². The SMILES string of the molecule is Nc1ccccc1CCSc1nccc(=O)[nH]1. The van der Waals surface area contributed by atoms with Gasteiger partial charge >= 0.3 is 0 Å². The summed E-state index contributed by atoms with van der Waals surface area (Å²) in [4.78, 5) is 17.8. The molecule has 1 heterocycles. The molecular formula is C12H13N3OS. The molecule has 4 nitrogen and oxygen atoms in total. The van der Waals surface area contributed by atoms with Crippen LogP contribution in [-0.2, 0) is 6.42 Å². The highest BCUT2D eigenvalue weighted by atomic mass is 32.2. The maximum absolute atomic E-state index is 11.0. The molecule has 0 unspecified atom stereocenters. The van der Waals surface area contributed by atoms with Gasteiger partial charge in [-0.25, -0.2) is 4.98 Å². The highest BCUT2D eigenvalue weighted by molar-refractivity contribution is 7.99. The molecule has 0 radical (unpaired) electrons. The van der Waals surface area contributed by atoms with Crippen molar-refractivity contribution in [1.82, 2.24) is 9.97 Å². The third-order valence-corrected chi connectivity index (χ3v) is 3.20. The van der Waals surface area contributed by atoms with Crippen molar-refractivity contribution in [3.8, 4) is 0 Å². The average molecular weight is 247 g/mol. The van der Waals surface area contributed by atoms with E-state index in [-0.39, 0.29) is 5.56 Å². The van der Waals surface area contributed by atoms with Gasteiger partial charge in [-0.05, 0) is 18.1 Å². The van der Waals surface area contributed by atoms with Crippen molar-refractivity contribution in [1.29, 1.82) is 0 Å². The van der Waals surface area contributed by atoms with E-state index in [0.717, 1.165) is 23.4 Å². The van der Waals surface area contributed by atoms with Crippen molar-refractivity contribution < 1.29 is 0 Å². The fourth-order valence-corrected chi connectivity index (χ4v) is 2.27. The molecule has 5 heteroatoms. The van der Waals surface area contributed by atoms with Crippen LogP contribution in [0.25, 0.3) is 0 Å². The van der Waals surface area contributed by atoms with Crippen molar-refractivity contribution in [2.75, 3.05) is 11.5 Å². The molecule has 0 saturated carbocycles. The van der Waals surface area contributed by atoms with E-state index >= 15 is 0 Å². The summed E-state index contributed by atoms with van der Waals surface area (Å²) in [7, 11) is 0. The van der Waals surface area contributed by atoms with Gasteiger partial charge < -0.3 is 10.7 Å². The molecule has 3 N–H and O–H groups in total. The van der Waals surface area contributed by atoms with Gasteiger partial charge in [-0.2, -0.15) is 0 Å². The van der Waals surface area contributed by atoms with Crippen molar-refractivity contribution in [2.24, 2.45) is 0 Å². The lowest BCUT2D eigenvalue weighted by atomic mass is 10.1. The molecule has 2 aromatic rings. The predicted molar refractivity (Wildman–Crippen MR) is 70.1 cm³/mol. The molecule has 88 valence electrons. The first-order chi connectivity index (χ1) is 8.25. The molecule has 0 fully saturated rings. The number of nitrogens with one attached hydrogen (secondary N) is 1. The van der Waals surface area contributed by atoms with Crippen molar-refractivity contribution in [2.45, 2.75) is 11.6 Å². The number of nitrogen functional groups attached to an aromatic ring is 1. The number of nitrogens with zero attached hydrogens (tertiary/aromatic N) is 1. The first-order valence-corrected chi connectivity index (χ1v) is 6.26. The number of benzene rings is 1. The van der Waals surface area contributed by atoms with E-state index in [9.17, 15) is 4.79 Å². The van der Waals surface area contributed by atoms with E-state index in [2.05, 4.69) is 9.97 Å². The Balaban J connectivity index is 1.92. The quantitative estimate of drug-likeness (QED) is 0.490. The van der Waals surface area contributed by atoms with Crippen LogP contribution >= 0.6 is 11.8 Å². The van der Waals surface area contributed by atoms with Crippen LogP contribution in [-0.4, -0.2) is 15.7 Å². The molecule has 0 spiro atoms. The number of anilines is 1. The first kappa shape index (κ1) is 11.7. The molecule has 0 saturated heterocycles. The number of aromatic nitrogens is 2. The second-order valence-corrected chi connectivity index (χ2v) is 4.62. The molecule has 1 aromatic carbocycles. The van der Waals surface area contributed by atoms with Gasteiger partial charge in [0, 0.05) is 23.7 Å². The maximum Gasteiger partial charge on any atom is 0.251 e. The van der Waals surface area contributed by atoms with Crippen LogP contribution in [0.1, 0.15) is 5.56 Å².